The summed E-state index contributed by atoms with van der Waals surface area (Å²) in [5.74, 6) is 2.06. The van der Waals surface area contributed by atoms with Crippen LogP contribution >= 0.6 is 0 Å². The Labute approximate surface area is 130 Å². The quantitative estimate of drug-likeness (QED) is 0.671. The van der Waals surface area contributed by atoms with Crippen molar-refractivity contribution < 1.29 is 0 Å². The summed E-state index contributed by atoms with van der Waals surface area (Å²) in [7, 11) is 2.07. The summed E-state index contributed by atoms with van der Waals surface area (Å²) >= 11 is 0. The van der Waals surface area contributed by atoms with Gasteiger partial charge in [0, 0.05) is 32.2 Å². The molecular weight excluding hydrogens is 260 g/mol. The maximum absolute atomic E-state index is 4.65. The van der Waals surface area contributed by atoms with Crippen LogP contribution in [0.5, 0.6) is 0 Å². The molecule has 1 heterocycles. The molecule has 0 unspecified atom stereocenters. The lowest BCUT2D eigenvalue weighted by atomic mass is 10.0. The lowest BCUT2D eigenvalue weighted by Crippen LogP contribution is -2.32. The fourth-order valence-electron chi connectivity index (χ4n) is 2.91. The van der Waals surface area contributed by atoms with Gasteiger partial charge in [0.25, 0.3) is 0 Å². The third-order valence-electron chi connectivity index (χ3n) is 4.36. The first-order valence-electron chi connectivity index (χ1n) is 8.56. The van der Waals surface area contributed by atoms with E-state index in [1.165, 1.54) is 30.6 Å². The fraction of sp³-hybridized carbons (Fsp3) is 0.824. The normalized spacial score (nSPS) is 11.4. The van der Waals surface area contributed by atoms with Gasteiger partial charge in [0.2, 0.25) is 0 Å². The summed E-state index contributed by atoms with van der Waals surface area (Å²) in [4.78, 5) is 2.50. The van der Waals surface area contributed by atoms with E-state index >= 15 is 0 Å². The molecule has 1 rings (SSSR count). The van der Waals surface area contributed by atoms with E-state index in [-0.39, 0.29) is 0 Å². The van der Waals surface area contributed by atoms with Crippen LogP contribution in [0.3, 0.4) is 0 Å². The van der Waals surface area contributed by atoms with Crippen LogP contribution < -0.4 is 10.2 Å². The van der Waals surface area contributed by atoms with Gasteiger partial charge in [-0.05, 0) is 32.7 Å². The van der Waals surface area contributed by atoms with E-state index in [1.807, 2.05) is 0 Å². The largest absolute Gasteiger partial charge is 0.357 e. The minimum atomic E-state index is 0.761. The van der Waals surface area contributed by atoms with Gasteiger partial charge in [-0.2, -0.15) is 5.10 Å². The van der Waals surface area contributed by atoms with Crippen molar-refractivity contribution in [2.24, 2.45) is 13.0 Å². The summed E-state index contributed by atoms with van der Waals surface area (Å²) in [6.45, 7) is 15.3. The average Bonchev–Trinajstić information content (AvgIpc) is 2.75. The SMILES string of the molecule is CCCNCc1c(C)nn(C)c1N(CC)CC(CC)CC. The lowest BCUT2D eigenvalue weighted by molar-refractivity contribution is 0.480. The molecule has 0 aliphatic heterocycles. The predicted octanol–water partition coefficient (Wildman–Crippen LogP) is 3.49. The van der Waals surface area contributed by atoms with Gasteiger partial charge >= 0.3 is 0 Å². The Morgan fingerprint density at radius 1 is 1.19 bits per heavy atom. The Bertz CT molecular complexity index is 407. The fourth-order valence-corrected chi connectivity index (χ4v) is 2.91. The molecule has 0 saturated heterocycles. The number of nitrogens with one attached hydrogen (secondary N) is 1. The highest BCUT2D eigenvalue weighted by molar-refractivity contribution is 5.50. The molecule has 4 heteroatoms. The molecule has 0 atom stereocenters. The Morgan fingerprint density at radius 2 is 1.86 bits per heavy atom. The second-order valence-electron chi connectivity index (χ2n) is 5.91. The van der Waals surface area contributed by atoms with E-state index in [9.17, 15) is 0 Å². The third-order valence-corrected chi connectivity index (χ3v) is 4.36. The molecule has 0 saturated carbocycles. The molecule has 0 spiro atoms. The van der Waals surface area contributed by atoms with Crippen molar-refractivity contribution in [2.75, 3.05) is 24.5 Å². The zero-order chi connectivity index (χ0) is 15.8. The smallest absolute Gasteiger partial charge is 0.131 e. The molecule has 0 amide bonds. The Morgan fingerprint density at radius 3 is 2.38 bits per heavy atom. The number of rotatable bonds is 10. The van der Waals surface area contributed by atoms with Gasteiger partial charge in [0.05, 0.1) is 5.69 Å². The number of anilines is 1. The molecular formula is C17H34N4. The molecule has 1 N–H and O–H groups in total. The van der Waals surface area contributed by atoms with Gasteiger partial charge in [-0.3, -0.25) is 4.68 Å². The number of aromatic nitrogens is 2. The van der Waals surface area contributed by atoms with Crippen LogP contribution in [0.4, 0.5) is 5.82 Å². The van der Waals surface area contributed by atoms with Crippen LogP contribution in [0.15, 0.2) is 0 Å². The van der Waals surface area contributed by atoms with Crippen molar-refractivity contribution in [1.29, 1.82) is 0 Å². The number of nitrogens with zero attached hydrogens (tertiary/aromatic N) is 3. The maximum Gasteiger partial charge on any atom is 0.131 e. The highest BCUT2D eigenvalue weighted by Crippen LogP contribution is 2.25. The van der Waals surface area contributed by atoms with Gasteiger partial charge in [0.15, 0.2) is 0 Å². The molecule has 0 bridgehead atoms. The number of hydrogen-bond donors (Lipinski definition) is 1. The van der Waals surface area contributed by atoms with Crippen molar-refractivity contribution in [3.8, 4) is 0 Å². The standard InChI is InChI=1S/C17H34N4/c1-7-11-18-12-16-14(5)19-20(6)17(16)21(10-4)13-15(8-2)9-3/h15,18H,7-13H2,1-6H3. The number of hydrogen-bond acceptors (Lipinski definition) is 3. The van der Waals surface area contributed by atoms with E-state index in [0.717, 1.165) is 37.8 Å². The van der Waals surface area contributed by atoms with Crippen molar-refractivity contribution in [1.82, 2.24) is 15.1 Å². The molecule has 122 valence electrons. The molecule has 0 aliphatic carbocycles. The first-order valence-corrected chi connectivity index (χ1v) is 8.56. The van der Waals surface area contributed by atoms with Crippen molar-refractivity contribution in [3.63, 3.8) is 0 Å². The van der Waals surface area contributed by atoms with Crippen LogP contribution in [-0.2, 0) is 13.6 Å². The highest BCUT2D eigenvalue weighted by atomic mass is 15.4. The van der Waals surface area contributed by atoms with Crippen molar-refractivity contribution in [2.45, 2.75) is 60.4 Å². The molecule has 1 aromatic rings. The summed E-state index contributed by atoms with van der Waals surface area (Å²) < 4.78 is 2.06. The number of aryl methyl sites for hydroxylation is 2. The Hall–Kier alpha value is -1.03. The average molecular weight is 294 g/mol. The van der Waals surface area contributed by atoms with E-state index in [0.29, 0.717) is 0 Å². The molecule has 1 aromatic heterocycles. The van der Waals surface area contributed by atoms with Gasteiger partial charge in [-0.1, -0.05) is 33.6 Å². The van der Waals surface area contributed by atoms with E-state index in [2.05, 4.69) is 61.7 Å². The Kier molecular flexibility index (Phi) is 7.79. The molecule has 21 heavy (non-hydrogen) atoms. The van der Waals surface area contributed by atoms with E-state index < -0.39 is 0 Å². The van der Waals surface area contributed by atoms with E-state index in [4.69, 9.17) is 0 Å². The highest BCUT2D eigenvalue weighted by Gasteiger charge is 2.20. The van der Waals surface area contributed by atoms with Crippen LogP contribution in [0, 0.1) is 12.8 Å². The topological polar surface area (TPSA) is 33.1 Å². The maximum atomic E-state index is 4.65. The Balaban J connectivity index is 2.96. The first kappa shape index (κ1) is 18.0. The van der Waals surface area contributed by atoms with Gasteiger partial charge in [-0.15, -0.1) is 0 Å². The van der Waals surface area contributed by atoms with Gasteiger partial charge in [0.1, 0.15) is 5.82 Å². The second kappa shape index (κ2) is 9.08. The predicted molar refractivity (Wildman–Crippen MR) is 91.9 cm³/mol. The molecule has 4 nitrogen and oxygen atoms in total. The van der Waals surface area contributed by atoms with Crippen molar-refractivity contribution >= 4 is 5.82 Å². The molecule has 0 aromatic carbocycles. The van der Waals surface area contributed by atoms with Crippen molar-refractivity contribution in [3.05, 3.63) is 11.3 Å². The van der Waals surface area contributed by atoms with E-state index in [1.54, 1.807) is 0 Å². The second-order valence-corrected chi connectivity index (χ2v) is 5.91. The minimum absolute atomic E-state index is 0.761. The van der Waals surface area contributed by atoms with Crippen LogP contribution in [0.2, 0.25) is 0 Å². The van der Waals surface area contributed by atoms with Gasteiger partial charge < -0.3 is 10.2 Å². The lowest BCUT2D eigenvalue weighted by Gasteiger charge is -2.28. The summed E-state index contributed by atoms with van der Waals surface area (Å²) in [5.41, 5.74) is 2.51. The summed E-state index contributed by atoms with van der Waals surface area (Å²) in [5, 5.41) is 8.18. The minimum Gasteiger partial charge on any atom is -0.357 e. The molecule has 0 aliphatic rings. The summed E-state index contributed by atoms with van der Waals surface area (Å²) in [6.07, 6.45) is 3.65. The monoisotopic (exact) mass is 294 g/mol. The molecule has 0 fully saturated rings. The molecule has 0 radical (unpaired) electrons. The third kappa shape index (κ3) is 4.73. The first-order chi connectivity index (χ1) is 10.1. The van der Waals surface area contributed by atoms with Gasteiger partial charge in [-0.25, -0.2) is 0 Å². The summed E-state index contributed by atoms with van der Waals surface area (Å²) in [6, 6.07) is 0. The van der Waals surface area contributed by atoms with Crippen LogP contribution in [-0.4, -0.2) is 29.4 Å². The zero-order valence-corrected chi connectivity index (χ0v) is 14.9. The zero-order valence-electron chi connectivity index (χ0n) is 14.9. The van der Waals surface area contributed by atoms with Crippen LogP contribution in [0.1, 0.15) is 58.2 Å². The van der Waals surface area contributed by atoms with Crippen LogP contribution in [0.25, 0.3) is 0 Å².